The fourth-order valence-corrected chi connectivity index (χ4v) is 5.82. The van der Waals surface area contributed by atoms with Crippen molar-refractivity contribution in [1.29, 1.82) is 0 Å². The first-order valence-corrected chi connectivity index (χ1v) is 13.7. The minimum atomic E-state index is -3.55. The van der Waals surface area contributed by atoms with E-state index in [-0.39, 0.29) is 10.5 Å². The predicted molar refractivity (Wildman–Crippen MR) is 143 cm³/mol. The molecule has 4 aromatic rings. The van der Waals surface area contributed by atoms with Crippen molar-refractivity contribution < 1.29 is 22.7 Å². The Morgan fingerprint density at radius 1 is 0.947 bits per heavy atom. The number of ether oxygens (including phenoxy) is 1. The molecule has 0 saturated carbocycles. The van der Waals surface area contributed by atoms with Gasteiger partial charge in [-0.15, -0.1) is 0 Å². The highest BCUT2D eigenvalue weighted by Crippen LogP contribution is 2.25. The number of rotatable bonds is 7. The summed E-state index contributed by atoms with van der Waals surface area (Å²) in [4.78, 5) is 35.1. The highest BCUT2D eigenvalue weighted by molar-refractivity contribution is 7.89. The van der Waals surface area contributed by atoms with E-state index in [0.29, 0.717) is 41.1 Å². The molecule has 194 valence electrons. The summed E-state index contributed by atoms with van der Waals surface area (Å²) in [7, 11) is -3.55. The van der Waals surface area contributed by atoms with Crippen molar-refractivity contribution in [2.45, 2.75) is 30.8 Å². The molecule has 10 heteroatoms. The van der Waals surface area contributed by atoms with Crippen LogP contribution in [-0.4, -0.2) is 53.8 Å². The number of fused-ring (bicyclic) bond motifs is 1. The van der Waals surface area contributed by atoms with Crippen molar-refractivity contribution in [3.8, 4) is 11.4 Å². The summed E-state index contributed by atoms with van der Waals surface area (Å²) in [5, 5.41) is 3.27. The van der Waals surface area contributed by atoms with Gasteiger partial charge in [-0.1, -0.05) is 24.3 Å². The number of hydrogen-bond donors (Lipinski definition) is 1. The number of carbonyl (C=O) groups is 2. The fraction of sp³-hybridized carbons (Fsp3) is 0.214. The van der Waals surface area contributed by atoms with Crippen molar-refractivity contribution >= 4 is 38.5 Å². The standard InChI is InChI=1S/C28H26N4O5S/c1-19(27(33)30-20-11-13-21(14-12-20)38(35,36)32-16-6-7-17-32)37-28(34)23-18-26(25-10-4-5-15-29-25)31-24-9-3-2-8-22(23)24/h2-5,8-15,18-19H,6-7,16-17H2,1H3,(H,30,33)/t19-/m1/s1. The first kappa shape index (κ1) is 25.5. The number of nitrogens with zero attached hydrogens (tertiary/aromatic N) is 3. The van der Waals surface area contributed by atoms with E-state index >= 15 is 0 Å². The third kappa shape index (κ3) is 5.27. The number of aromatic nitrogens is 2. The molecule has 38 heavy (non-hydrogen) atoms. The molecule has 1 saturated heterocycles. The average molecular weight is 531 g/mol. The Kier molecular flexibility index (Phi) is 7.17. The van der Waals surface area contributed by atoms with Gasteiger partial charge in [0.15, 0.2) is 6.10 Å². The van der Waals surface area contributed by atoms with E-state index in [1.54, 1.807) is 42.6 Å². The first-order valence-electron chi connectivity index (χ1n) is 12.3. The summed E-state index contributed by atoms with van der Waals surface area (Å²) in [5.74, 6) is -1.22. The lowest BCUT2D eigenvalue weighted by Gasteiger charge is -2.17. The zero-order valence-corrected chi connectivity index (χ0v) is 21.5. The van der Waals surface area contributed by atoms with Crippen LogP contribution in [0.1, 0.15) is 30.1 Å². The van der Waals surface area contributed by atoms with E-state index < -0.39 is 28.0 Å². The van der Waals surface area contributed by atoms with Crippen LogP contribution in [-0.2, 0) is 19.6 Å². The quantitative estimate of drug-likeness (QED) is 0.355. The van der Waals surface area contributed by atoms with Gasteiger partial charge in [0, 0.05) is 30.4 Å². The number of benzene rings is 2. The first-order chi connectivity index (χ1) is 18.3. The molecule has 1 aliphatic heterocycles. The minimum absolute atomic E-state index is 0.171. The predicted octanol–water partition coefficient (Wildman–Crippen LogP) is 4.27. The summed E-state index contributed by atoms with van der Waals surface area (Å²) in [5.41, 5.74) is 2.38. The van der Waals surface area contributed by atoms with E-state index in [1.807, 2.05) is 12.1 Å². The van der Waals surface area contributed by atoms with Gasteiger partial charge in [-0.3, -0.25) is 9.78 Å². The zero-order valence-electron chi connectivity index (χ0n) is 20.7. The number of anilines is 1. The van der Waals surface area contributed by atoms with Gasteiger partial charge < -0.3 is 10.1 Å². The van der Waals surface area contributed by atoms with Gasteiger partial charge in [-0.2, -0.15) is 4.31 Å². The van der Waals surface area contributed by atoms with Crippen molar-refractivity contribution in [1.82, 2.24) is 14.3 Å². The number of pyridine rings is 2. The Hall–Kier alpha value is -4.15. The number of sulfonamides is 1. The molecule has 0 aliphatic carbocycles. The van der Waals surface area contributed by atoms with Gasteiger partial charge in [-0.25, -0.2) is 18.2 Å². The zero-order chi connectivity index (χ0) is 26.7. The van der Waals surface area contributed by atoms with Crippen LogP contribution < -0.4 is 5.32 Å². The molecule has 2 aromatic heterocycles. The molecule has 9 nitrogen and oxygen atoms in total. The monoisotopic (exact) mass is 530 g/mol. The van der Waals surface area contributed by atoms with E-state index in [4.69, 9.17) is 4.74 Å². The minimum Gasteiger partial charge on any atom is -0.449 e. The molecular formula is C28H26N4O5S. The maximum absolute atomic E-state index is 13.2. The largest absolute Gasteiger partial charge is 0.449 e. The second-order valence-corrected chi connectivity index (χ2v) is 10.9. The fourth-order valence-electron chi connectivity index (χ4n) is 4.30. The van der Waals surface area contributed by atoms with E-state index in [0.717, 1.165) is 12.8 Å². The number of hydrogen-bond acceptors (Lipinski definition) is 7. The lowest BCUT2D eigenvalue weighted by atomic mass is 10.1. The Morgan fingerprint density at radius 3 is 2.37 bits per heavy atom. The van der Waals surface area contributed by atoms with Crippen molar-refractivity contribution in [3.05, 3.63) is 84.6 Å². The molecule has 1 aliphatic rings. The summed E-state index contributed by atoms with van der Waals surface area (Å²) >= 11 is 0. The molecule has 5 rings (SSSR count). The molecule has 1 amide bonds. The lowest BCUT2D eigenvalue weighted by Crippen LogP contribution is -2.30. The van der Waals surface area contributed by atoms with Gasteiger partial charge in [-0.05, 0) is 68.3 Å². The molecular weight excluding hydrogens is 504 g/mol. The normalized spacial score (nSPS) is 14.8. The van der Waals surface area contributed by atoms with Gasteiger partial charge in [0.05, 0.1) is 27.4 Å². The van der Waals surface area contributed by atoms with E-state index in [2.05, 4.69) is 15.3 Å². The van der Waals surface area contributed by atoms with Crippen molar-refractivity contribution in [2.75, 3.05) is 18.4 Å². The third-order valence-corrected chi connectivity index (χ3v) is 8.25. The Morgan fingerprint density at radius 2 is 1.66 bits per heavy atom. The van der Waals surface area contributed by atoms with Crippen LogP contribution in [0, 0.1) is 0 Å². The van der Waals surface area contributed by atoms with Crippen LogP contribution in [0.25, 0.3) is 22.3 Å². The molecule has 2 aromatic carbocycles. The highest BCUT2D eigenvalue weighted by atomic mass is 32.2. The summed E-state index contributed by atoms with van der Waals surface area (Å²) in [6.45, 7) is 2.50. The summed E-state index contributed by atoms with van der Waals surface area (Å²) < 4.78 is 32.4. The topological polar surface area (TPSA) is 119 Å². The lowest BCUT2D eigenvalue weighted by molar-refractivity contribution is -0.123. The Labute approximate surface area is 220 Å². The van der Waals surface area contributed by atoms with Crippen LogP contribution in [0.15, 0.2) is 83.9 Å². The molecule has 0 radical (unpaired) electrons. The van der Waals surface area contributed by atoms with Crippen LogP contribution in [0.3, 0.4) is 0 Å². The Balaban J connectivity index is 1.30. The van der Waals surface area contributed by atoms with Gasteiger partial charge >= 0.3 is 5.97 Å². The van der Waals surface area contributed by atoms with Crippen LogP contribution in [0.4, 0.5) is 5.69 Å². The smallest absolute Gasteiger partial charge is 0.339 e. The van der Waals surface area contributed by atoms with Crippen LogP contribution in [0.2, 0.25) is 0 Å². The van der Waals surface area contributed by atoms with Crippen LogP contribution in [0.5, 0.6) is 0 Å². The molecule has 3 heterocycles. The average Bonchev–Trinajstić information content (AvgIpc) is 3.49. The number of para-hydroxylation sites is 1. The van der Waals surface area contributed by atoms with Gasteiger partial charge in [0.2, 0.25) is 10.0 Å². The van der Waals surface area contributed by atoms with E-state index in [1.165, 1.54) is 35.5 Å². The second-order valence-electron chi connectivity index (χ2n) is 8.96. The van der Waals surface area contributed by atoms with Crippen molar-refractivity contribution in [2.24, 2.45) is 0 Å². The number of amides is 1. The van der Waals surface area contributed by atoms with Crippen molar-refractivity contribution in [3.63, 3.8) is 0 Å². The number of esters is 1. The molecule has 0 bridgehead atoms. The molecule has 0 unspecified atom stereocenters. The maximum Gasteiger partial charge on any atom is 0.339 e. The summed E-state index contributed by atoms with van der Waals surface area (Å²) in [6, 6.07) is 20.2. The Bertz CT molecular complexity index is 1590. The van der Waals surface area contributed by atoms with Gasteiger partial charge in [0.1, 0.15) is 0 Å². The maximum atomic E-state index is 13.2. The van der Waals surface area contributed by atoms with Crippen LogP contribution >= 0.6 is 0 Å². The SMILES string of the molecule is C[C@@H](OC(=O)c1cc(-c2ccccn2)nc2ccccc12)C(=O)Nc1ccc(S(=O)(=O)N2CCCC2)cc1. The third-order valence-electron chi connectivity index (χ3n) is 6.34. The second kappa shape index (κ2) is 10.7. The van der Waals surface area contributed by atoms with Gasteiger partial charge in [0.25, 0.3) is 5.91 Å². The molecule has 1 fully saturated rings. The molecule has 0 spiro atoms. The number of nitrogens with one attached hydrogen (secondary N) is 1. The highest BCUT2D eigenvalue weighted by Gasteiger charge is 2.27. The van der Waals surface area contributed by atoms with E-state index in [9.17, 15) is 18.0 Å². The molecule has 1 N–H and O–H groups in total. The number of carbonyl (C=O) groups excluding carboxylic acids is 2. The summed E-state index contributed by atoms with van der Waals surface area (Å²) in [6.07, 6.45) is 2.24. The molecule has 1 atom stereocenters.